The highest BCUT2D eigenvalue weighted by molar-refractivity contribution is 9.16. The van der Waals surface area contributed by atoms with Crippen LogP contribution in [0.4, 0.5) is 0 Å². The second-order valence-electron chi connectivity index (χ2n) is 2.86. The molecule has 0 aliphatic heterocycles. The van der Waals surface area contributed by atoms with Crippen LogP contribution >= 0.6 is 43.5 Å². The topological polar surface area (TPSA) is 26.3 Å². The number of benzene rings is 1. The Morgan fingerprint density at radius 3 is 2.38 bits per heavy atom. The molecule has 0 saturated heterocycles. The molecule has 0 heterocycles. The van der Waals surface area contributed by atoms with Crippen molar-refractivity contribution in [2.75, 3.05) is 6.61 Å². The van der Waals surface area contributed by atoms with Crippen molar-refractivity contribution in [2.45, 2.75) is 6.92 Å². The number of rotatable bonds is 3. The normalized spacial score (nSPS) is 12.0. The van der Waals surface area contributed by atoms with E-state index in [4.69, 9.17) is 16.3 Å². The molecule has 0 N–H and O–H groups in total. The highest BCUT2D eigenvalue weighted by Gasteiger charge is 2.13. The van der Waals surface area contributed by atoms with Gasteiger partial charge >= 0.3 is 5.97 Å². The van der Waals surface area contributed by atoms with Gasteiger partial charge in [-0.25, -0.2) is 4.79 Å². The molecule has 1 aromatic carbocycles. The van der Waals surface area contributed by atoms with Crippen molar-refractivity contribution in [2.24, 2.45) is 0 Å². The molecule has 16 heavy (non-hydrogen) atoms. The van der Waals surface area contributed by atoms with Gasteiger partial charge in [-0.3, -0.25) is 0 Å². The highest BCUT2D eigenvalue weighted by Crippen LogP contribution is 2.30. The molecule has 0 atom stereocenters. The zero-order valence-corrected chi connectivity index (χ0v) is 12.4. The number of esters is 1. The molecule has 5 heteroatoms. The lowest BCUT2D eigenvalue weighted by Crippen LogP contribution is -2.04. The number of ether oxygens (including phenoxy) is 1. The SMILES string of the molecule is CCOC(=O)/C(Br)=C(\Br)c1ccc(Cl)cc1. The lowest BCUT2D eigenvalue weighted by atomic mass is 10.2. The molecule has 0 aliphatic rings. The smallest absolute Gasteiger partial charge is 0.346 e. The Morgan fingerprint density at radius 2 is 1.88 bits per heavy atom. The molecule has 0 amide bonds. The van der Waals surface area contributed by atoms with E-state index in [1.165, 1.54) is 0 Å². The summed E-state index contributed by atoms with van der Waals surface area (Å²) in [6.45, 7) is 2.10. The first kappa shape index (κ1) is 13.7. The lowest BCUT2D eigenvalue weighted by Gasteiger charge is -2.04. The predicted octanol–water partition coefficient (Wildman–Crippen LogP) is 4.36. The van der Waals surface area contributed by atoms with Gasteiger partial charge in [-0.05, 0) is 56.5 Å². The summed E-state index contributed by atoms with van der Waals surface area (Å²) in [5, 5.41) is 0.649. The molecular formula is C11H9Br2ClO2. The van der Waals surface area contributed by atoms with Crippen molar-refractivity contribution in [3.05, 3.63) is 39.3 Å². The fourth-order valence-electron chi connectivity index (χ4n) is 1.01. The summed E-state index contributed by atoms with van der Waals surface area (Å²) in [6, 6.07) is 7.13. The second-order valence-corrected chi connectivity index (χ2v) is 4.88. The number of carbonyl (C=O) groups excluding carboxylic acids is 1. The zero-order valence-electron chi connectivity index (χ0n) is 8.47. The maximum atomic E-state index is 11.4. The molecule has 0 fully saturated rings. The van der Waals surface area contributed by atoms with Crippen LogP contribution in [0.1, 0.15) is 12.5 Å². The Morgan fingerprint density at radius 1 is 1.31 bits per heavy atom. The largest absolute Gasteiger partial charge is 0.462 e. The lowest BCUT2D eigenvalue weighted by molar-refractivity contribution is -0.137. The molecule has 0 unspecified atom stereocenters. The molecule has 0 aliphatic carbocycles. The van der Waals surface area contributed by atoms with Crippen molar-refractivity contribution in [1.29, 1.82) is 0 Å². The first-order valence-corrected chi connectivity index (χ1v) is 6.51. The van der Waals surface area contributed by atoms with Gasteiger partial charge in [-0.15, -0.1) is 0 Å². The summed E-state index contributed by atoms with van der Waals surface area (Å²) in [5.41, 5.74) is 0.851. The van der Waals surface area contributed by atoms with Gasteiger partial charge in [-0.1, -0.05) is 23.7 Å². The van der Waals surface area contributed by atoms with Crippen molar-refractivity contribution < 1.29 is 9.53 Å². The Balaban J connectivity index is 2.99. The summed E-state index contributed by atoms with van der Waals surface area (Å²) < 4.78 is 5.87. The van der Waals surface area contributed by atoms with Gasteiger partial charge in [0.1, 0.15) is 4.48 Å². The second kappa shape index (κ2) is 6.42. The molecule has 86 valence electrons. The van der Waals surface area contributed by atoms with Crippen molar-refractivity contribution in [3.63, 3.8) is 0 Å². The van der Waals surface area contributed by atoms with Crippen molar-refractivity contribution in [3.8, 4) is 0 Å². The Hall–Kier alpha value is -0.320. The maximum absolute atomic E-state index is 11.4. The molecular weight excluding hydrogens is 359 g/mol. The van der Waals surface area contributed by atoms with E-state index in [1.807, 2.05) is 12.1 Å². The zero-order chi connectivity index (χ0) is 12.1. The average Bonchev–Trinajstić information content (AvgIpc) is 2.28. The number of carbonyl (C=O) groups is 1. The number of hydrogen-bond donors (Lipinski definition) is 0. The molecule has 0 saturated carbocycles. The molecule has 0 bridgehead atoms. The summed E-state index contributed by atoms with van der Waals surface area (Å²) in [6.07, 6.45) is 0. The summed E-state index contributed by atoms with van der Waals surface area (Å²) in [5.74, 6) is -0.399. The predicted molar refractivity (Wildman–Crippen MR) is 72.9 cm³/mol. The summed E-state index contributed by atoms with van der Waals surface area (Å²) in [4.78, 5) is 11.4. The molecule has 2 nitrogen and oxygen atoms in total. The Labute approximate surface area is 116 Å². The van der Waals surface area contributed by atoms with Gasteiger partial charge in [0, 0.05) is 9.51 Å². The minimum absolute atomic E-state index is 0.342. The van der Waals surface area contributed by atoms with Crippen LogP contribution in [-0.2, 0) is 9.53 Å². The fourth-order valence-corrected chi connectivity index (χ4v) is 1.90. The van der Waals surface area contributed by atoms with E-state index in [1.54, 1.807) is 19.1 Å². The van der Waals surface area contributed by atoms with Crippen LogP contribution in [0.2, 0.25) is 5.02 Å². The van der Waals surface area contributed by atoms with Gasteiger partial charge in [0.2, 0.25) is 0 Å². The average molecular weight is 368 g/mol. The third-order valence-corrected chi connectivity index (χ3v) is 4.10. The van der Waals surface area contributed by atoms with E-state index in [2.05, 4.69) is 31.9 Å². The van der Waals surface area contributed by atoms with Gasteiger partial charge in [0.15, 0.2) is 0 Å². The first-order valence-electron chi connectivity index (χ1n) is 4.54. The number of hydrogen-bond acceptors (Lipinski definition) is 2. The molecule has 1 rings (SSSR count). The minimum Gasteiger partial charge on any atom is -0.462 e. The van der Waals surface area contributed by atoms with Crippen LogP contribution in [0, 0.1) is 0 Å². The molecule has 0 radical (unpaired) electrons. The van der Waals surface area contributed by atoms with E-state index in [9.17, 15) is 4.79 Å². The van der Waals surface area contributed by atoms with Gasteiger partial charge in [0.05, 0.1) is 6.61 Å². The van der Waals surface area contributed by atoms with Crippen LogP contribution < -0.4 is 0 Å². The van der Waals surface area contributed by atoms with E-state index in [0.29, 0.717) is 20.6 Å². The van der Waals surface area contributed by atoms with Crippen molar-refractivity contribution >= 4 is 53.9 Å². The van der Waals surface area contributed by atoms with Crippen LogP contribution in [0.25, 0.3) is 4.48 Å². The summed E-state index contributed by atoms with van der Waals surface area (Å²) >= 11 is 12.3. The first-order chi connectivity index (χ1) is 7.56. The van der Waals surface area contributed by atoms with E-state index >= 15 is 0 Å². The molecule has 0 aromatic heterocycles. The van der Waals surface area contributed by atoms with Gasteiger partial charge in [-0.2, -0.15) is 0 Å². The monoisotopic (exact) mass is 366 g/mol. The van der Waals surface area contributed by atoms with Crippen LogP contribution in [-0.4, -0.2) is 12.6 Å². The molecule has 0 spiro atoms. The standard InChI is InChI=1S/C11H9Br2ClO2/c1-2-16-11(15)10(13)9(12)7-3-5-8(14)6-4-7/h3-6H,2H2,1H3/b10-9+. The van der Waals surface area contributed by atoms with Gasteiger partial charge in [0.25, 0.3) is 0 Å². The highest BCUT2D eigenvalue weighted by atomic mass is 79.9. The van der Waals surface area contributed by atoms with Gasteiger partial charge < -0.3 is 4.74 Å². The number of halogens is 3. The van der Waals surface area contributed by atoms with E-state index < -0.39 is 5.97 Å². The van der Waals surface area contributed by atoms with E-state index in [-0.39, 0.29) is 0 Å². The van der Waals surface area contributed by atoms with E-state index in [0.717, 1.165) is 5.56 Å². The quantitative estimate of drug-likeness (QED) is 0.585. The third kappa shape index (κ3) is 3.61. The molecule has 1 aromatic rings. The Bertz CT molecular complexity index is 412. The van der Waals surface area contributed by atoms with Crippen LogP contribution in [0.5, 0.6) is 0 Å². The maximum Gasteiger partial charge on any atom is 0.346 e. The van der Waals surface area contributed by atoms with Crippen LogP contribution in [0.15, 0.2) is 28.7 Å². The third-order valence-electron chi connectivity index (χ3n) is 1.75. The summed E-state index contributed by atoms with van der Waals surface area (Å²) in [7, 11) is 0. The minimum atomic E-state index is -0.399. The Kier molecular flexibility index (Phi) is 5.52. The van der Waals surface area contributed by atoms with Crippen LogP contribution in [0.3, 0.4) is 0 Å². The fraction of sp³-hybridized carbons (Fsp3) is 0.182. The van der Waals surface area contributed by atoms with Crippen molar-refractivity contribution in [1.82, 2.24) is 0 Å².